The molecule has 1 saturated heterocycles. The highest BCUT2D eigenvalue weighted by atomic mass is 19.3. The fraction of sp³-hybridized carbons (Fsp3) is 0.238. The Labute approximate surface area is 178 Å². The second kappa shape index (κ2) is 8.50. The molecule has 0 amide bonds. The number of carboxylic acids is 1. The number of nitrogens with one attached hydrogen (secondary N) is 1. The molecule has 0 bridgehead atoms. The summed E-state index contributed by atoms with van der Waals surface area (Å²) in [6.45, 7) is -1.95. The lowest BCUT2D eigenvalue weighted by Crippen LogP contribution is -2.44. The van der Waals surface area contributed by atoms with Gasteiger partial charge in [0.25, 0.3) is 0 Å². The Kier molecular flexibility index (Phi) is 5.74. The van der Waals surface area contributed by atoms with Gasteiger partial charge < -0.3 is 20.1 Å². The van der Waals surface area contributed by atoms with Crippen LogP contribution in [0.15, 0.2) is 41.2 Å². The Morgan fingerprint density at radius 2 is 1.75 bits per heavy atom. The zero-order chi connectivity index (χ0) is 23.0. The van der Waals surface area contributed by atoms with E-state index in [1.54, 1.807) is 0 Å². The molecule has 0 atom stereocenters. The monoisotopic (exact) mass is 451 g/mol. The largest absolute Gasteiger partial charge is 0.477 e. The van der Waals surface area contributed by atoms with Crippen molar-refractivity contribution >= 4 is 22.6 Å². The summed E-state index contributed by atoms with van der Waals surface area (Å²) in [6.07, 6.45) is 0. The molecule has 1 aliphatic heterocycles. The third-order valence-corrected chi connectivity index (χ3v) is 5.12. The topological polar surface area (TPSA) is 83.8 Å². The van der Waals surface area contributed by atoms with E-state index in [0.717, 1.165) is 28.8 Å². The summed E-state index contributed by atoms with van der Waals surface area (Å²) in [6, 6.07) is 6.14. The highest BCUT2D eigenvalue weighted by molar-refractivity contribution is 5.97. The molecule has 7 nitrogen and oxygen atoms in total. The van der Waals surface area contributed by atoms with Crippen LogP contribution in [0.5, 0.6) is 5.75 Å². The molecule has 4 rings (SSSR count). The van der Waals surface area contributed by atoms with Crippen molar-refractivity contribution in [2.24, 2.45) is 0 Å². The zero-order valence-electron chi connectivity index (χ0n) is 16.4. The Morgan fingerprint density at radius 3 is 2.34 bits per heavy atom. The minimum Gasteiger partial charge on any atom is -0.477 e. The van der Waals surface area contributed by atoms with Crippen LogP contribution >= 0.6 is 0 Å². The van der Waals surface area contributed by atoms with Crippen molar-refractivity contribution in [2.75, 3.05) is 31.1 Å². The van der Waals surface area contributed by atoms with E-state index in [4.69, 9.17) is 4.74 Å². The number of halogens is 4. The highest BCUT2D eigenvalue weighted by Gasteiger charge is 2.29. The third-order valence-electron chi connectivity index (χ3n) is 5.12. The number of nitrogens with zero attached hydrogens (tertiary/aromatic N) is 2. The summed E-state index contributed by atoms with van der Waals surface area (Å²) in [5.74, 6) is -3.78. The summed E-state index contributed by atoms with van der Waals surface area (Å²) in [5, 5.41) is 12.4. The number of aromatic carboxylic acids is 1. The van der Waals surface area contributed by atoms with E-state index in [2.05, 4.69) is 5.32 Å². The molecule has 0 aliphatic carbocycles. The molecular weight excluding hydrogens is 434 g/mol. The number of aromatic nitrogens is 1. The fourth-order valence-corrected chi connectivity index (χ4v) is 3.80. The van der Waals surface area contributed by atoms with Gasteiger partial charge in [0, 0.05) is 37.9 Å². The molecule has 168 valence electrons. The van der Waals surface area contributed by atoms with Crippen LogP contribution in [0.25, 0.3) is 16.6 Å². The first-order valence-electron chi connectivity index (χ1n) is 9.60. The number of pyridine rings is 1. The zero-order valence-corrected chi connectivity index (χ0v) is 16.4. The average Bonchev–Trinajstić information content (AvgIpc) is 2.75. The predicted octanol–water partition coefficient (Wildman–Crippen LogP) is 2.98. The van der Waals surface area contributed by atoms with Crippen LogP contribution in [0.4, 0.5) is 23.2 Å². The van der Waals surface area contributed by atoms with Crippen molar-refractivity contribution in [3.8, 4) is 11.4 Å². The Balaban J connectivity index is 2.17. The number of hydrogen-bond acceptors (Lipinski definition) is 5. The van der Waals surface area contributed by atoms with Crippen LogP contribution in [-0.2, 0) is 0 Å². The van der Waals surface area contributed by atoms with Gasteiger partial charge in [0.1, 0.15) is 22.7 Å². The summed E-state index contributed by atoms with van der Waals surface area (Å²) < 4.78 is 61.2. The average molecular weight is 451 g/mol. The van der Waals surface area contributed by atoms with Crippen LogP contribution in [0.3, 0.4) is 0 Å². The van der Waals surface area contributed by atoms with Crippen molar-refractivity contribution in [1.82, 2.24) is 9.88 Å². The normalized spacial score (nSPS) is 14.2. The Hall–Kier alpha value is -3.60. The van der Waals surface area contributed by atoms with Crippen LogP contribution in [-0.4, -0.2) is 48.4 Å². The minimum atomic E-state index is -3.38. The second-order valence-electron chi connectivity index (χ2n) is 7.06. The predicted molar refractivity (Wildman–Crippen MR) is 108 cm³/mol. The minimum absolute atomic E-state index is 0.0609. The van der Waals surface area contributed by atoms with Gasteiger partial charge in [-0.25, -0.2) is 13.6 Å². The number of alkyl halides is 2. The number of carboxylic acid groups (broad SMARTS) is 1. The van der Waals surface area contributed by atoms with Gasteiger partial charge in [0.15, 0.2) is 17.0 Å². The smallest absolute Gasteiger partial charge is 0.387 e. The second-order valence-corrected chi connectivity index (χ2v) is 7.06. The third kappa shape index (κ3) is 3.86. The number of rotatable bonds is 5. The first kappa shape index (κ1) is 21.6. The first-order chi connectivity index (χ1) is 15.3. The van der Waals surface area contributed by atoms with Crippen LogP contribution < -0.4 is 20.4 Å². The quantitative estimate of drug-likeness (QED) is 0.581. The Bertz CT molecular complexity index is 1240. The lowest BCUT2D eigenvalue weighted by Gasteiger charge is -2.32. The number of carbonyl (C=O) groups is 1. The van der Waals surface area contributed by atoms with Gasteiger partial charge in [-0.2, -0.15) is 8.78 Å². The number of hydrogen-bond donors (Lipinski definition) is 2. The highest BCUT2D eigenvalue weighted by Crippen LogP contribution is 2.40. The van der Waals surface area contributed by atoms with Crippen molar-refractivity contribution in [1.29, 1.82) is 0 Å². The Morgan fingerprint density at radius 1 is 1.09 bits per heavy atom. The number of ether oxygens (including phenoxy) is 1. The van der Waals surface area contributed by atoms with Crippen molar-refractivity contribution in [3.05, 3.63) is 63.9 Å². The van der Waals surface area contributed by atoms with Crippen molar-refractivity contribution < 1.29 is 32.2 Å². The number of piperazine rings is 1. The van der Waals surface area contributed by atoms with Crippen molar-refractivity contribution in [2.45, 2.75) is 6.61 Å². The summed E-state index contributed by atoms with van der Waals surface area (Å²) in [5.41, 5.74) is -2.06. The van der Waals surface area contributed by atoms with E-state index < -0.39 is 41.1 Å². The molecule has 0 radical (unpaired) electrons. The van der Waals surface area contributed by atoms with Gasteiger partial charge in [0.05, 0.1) is 5.39 Å². The molecule has 2 N–H and O–H groups in total. The van der Waals surface area contributed by atoms with Gasteiger partial charge in [0.2, 0.25) is 0 Å². The van der Waals surface area contributed by atoms with E-state index in [9.17, 15) is 27.9 Å². The SMILES string of the molecule is O=C(O)c1cc(=O)c2cc(F)c(N3CCNCC3)c(OC(F)F)c2n1-c1ccc(F)cc1. The first-order valence-corrected chi connectivity index (χ1v) is 9.60. The molecular formula is C21H17F4N3O4. The van der Waals surface area contributed by atoms with E-state index in [1.165, 1.54) is 17.0 Å². The fourth-order valence-electron chi connectivity index (χ4n) is 3.80. The summed E-state index contributed by atoms with van der Waals surface area (Å²) in [7, 11) is 0. The van der Waals surface area contributed by atoms with Gasteiger partial charge in [-0.15, -0.1) is 0 Å². The van der Waals surface area contributed by atoms with E-state index >= 15 is 4.39 Å². The molecule has 2 heterocycles. The molecule has 0 unspecified atom stereocenters. The molecule has 11 heteroatoms. The molecule has 2 aromatic carbocycles. The lowest BCUT2D eigenvalue weighted by molar-refractivity contribution is -0.0487. The van der Waals surface area contributed by atoms with Crippen LogP contribution in [0.2, 0.25) is 0 Å². The van der Waals surface area contributed by atoms with E-state index in [1.807, 2.05) is 0 Å². The van der Waals surface area contributed by atoms with Gasteiger partial charge in [-0.3, -0.25) is 9.36 Å². The maximum atomic E-state index is 15.1. The van der Waals surface area contributed by atoms with Crippen LogP contribution in [0.1, 0.15) is 10.5 Å². The number of anilines is 1. The number of fused-ring (bicyclic) bond motifs is 1. The maximum absolute atomic E-state index is 15.1. The molecule has 0 spiro atoms. The van der Waals surface area contributed by atoms with Crippen molar-refractivity contribution in [3.63, 3.8) is 0 Å². The van der Waals surface area contributed by atoms with E-state index in [0.29, 0.717) is 13.1 Å². The van der Waals surface area contributed by atoms with Crippen LogP contribution in [0, 0.1) is 11.6 Å². The molecule has 0 saturated carbocycles. The van der Waals surface area contributed by atoms with Gasteiger partial charge >= 0.3 is 12.6 Å². The molecule has 32 heavy (non-hydrogen) atoms. The molecule has 3 aromatic rings. The summed E-state index contributed by atoms with van der Waals surface area (Å²) in [4.78, 5) is 26.1. The standard InChI is InChI=1S/C21H17F4N3O4/c22-11-1-3-12(4-2-11)28-15(20(30)31)10-16(29)13-9-14(23)18(27-7-5-26-6-8-27)19(17(13)28)32-21(24)25/h1-4,9-10,21,26H,5-8H2,(H,30,31). The summed E-state index contributed by atoms with van der Waals surface area (Å²) >= 11 is 0. The number of benzene rings is 2. The molecule has 1 aromatic heterocycles. The lowest BCUT2D eigenvalue weighted by atomic mass is 10.1. The van der Waals surface area contributed by atoms with Gasteiger partial charge in [-0.1, -0.05) is 0 Å². The van der Waals surface area contributed by atoms with E-state index in [-0.39, 0.29) is 35.4 Å². The maximum Gasteiger partial charge on any atom is 0.387 e. The van der Waals surface area contributed by atoms with Gasteiger partial charge in [-0.05, 0) is 30.3 Å². The molecule has 1 aliphatic rings. The molecule has 1 fully saturated rings.